The highest BCUT2D eigenvalue weighted by Crippen LogP contribution is 2.61. The monoisotopic (exact) mass is 330 g/mol. The van der Waals surface area contributed by atoms with E-state index in [-0.39, 0.29) is 11.5 Å². The first-order valence-corrected chi connectivity index (χ1v) is 9.71. The molecule has 3 atom stereocenters. The number of aliphatic hydroxyl groups excluding tert-OH is 1. The number of hydrogen-bond acceptors (Lipinski definition) is 2. The van der Waals surface area contributed by atoms with Crippen LogP contribution in [0.4, 0.5) is 0 Å². The van der Waals surface area contributed by atoms with E-state index in [4.69, 9.17) is 4.74 Å². The zero-order valence-electron chi connectivity index (χ0n) is 16.1. The van der Waals surface area contributed by atoms with E-state index in [1.807, 2.05) is 6.92 Å². The van der Waals surface area contributed by atoms with Crippen molar-refractivity contribution in [1.29, 1.82) is 0 Å². The van der Waals surface area contributed by atoms with Crippen molar-refractivity contribution in [1.82, 2.24) is 0 Å². The van der Waals surface area contributed by atoms with Gasteiger partial charge in [0, 0.05) is 12.0 Å². The molecule has 0 aromatic carbocycles. The molecule has 24 heavy (non-hydrogen) atoms. The zero-order valence-corrected chi connectivity index (χ0v) is 16.1. The molecule has 0 aromatic heterocycles. The van der Waals surface area contributed by atoms with E-state index in [0.717, 1.165) is 19.4 Å². The molecule has 0 bridgehead atoms. The highest BCUT2D eigenvalue weighted by molar-refractivity contribution is 5.52. The maximum Gasteiger partial charge on any atom is 0.0680 e. The summed E-state index contributed by atoms with van der Waals surface area (Å²) >= 11 is 0. The van der Waals surface area contributed by atoms with Crippen LogP contribution in [0.25, 0.3) is 0 Å². The van der Waals surface area contributed by atoms with Gasteiger partial charge in [-0.1, -0.05) is 45.4 Å². The summed E-state index contributed by atoms with van der Waals surface area (Å²) in [7, 11) is 0. The lowest BCUT2D eigenvalue weighted by Gasteiger charge is -2.48. The van der Waals surface area contributed by atoms with Crippen molar-refractivity contribution >= 4 is 0 Å². The molecule has 1 fully saturated rings. The molecular formula is C22H34O2. The topological polar surface area (TPSA) is 29.5 Å². The molecule has 0 aromatic rings. The molecule has 0 unspecified atom stereocenters. The van der Waals surface area contributed by atoms with Gasteiger partial charge in [-0.25, -0.2) is 0 Å². The smallest absolute Gasteiger partial charge is 0.0680 e. The minimum absolute atomic E-state index is 0.121. The van der Waals surface area contributed by atoms with Crippen LogP contribution in [0, 0.1) is 16.7 Å². The average Bonchev–Trinajstić information content (AvgIpc) is 2.83. The number of rotatable bonds is 4. The van der Waals surface area contributed by atoms with Gasteiger partial charge in [-0.15, -0.1) is 0 Å². The van der Waals surface area contributed by atoms with E-state index in [0.29, 0.717) is 17.9 Å². The summed E-state index contributed by atoms with van der Waals surface area (Å²) in [6.45, 7) is 12.8. The Morgan fingerprint density at radius 2 is 1.96 bits per heavy atom. The Kier molecular flexibility index (Phi) is 4.83. The fraction of sp³-hybridized carbons (Fsp3) is 0.727. The van der Waals surface area contributed by atoms with Crippen LogP contribution in [0.2, 0.25) is 0 Å². The molecule has 2 nitrogen and oxygen atoms in total. The Bertz CT molecular complexity index is 595. The van der Waals surface area contributed by atoms with Gasteiger partial charge in [0.1, 0.15) is 0 Å². The maximum atomic E-state index is 11.1. The number of allylic oxidation sites excluding steroid dienone is 4. The first kappa shape index (κ1) is 17.9. The summed E-state index contributed by atoms with van der Waals surface area (Å²) in [5.41, 5.74) is 6.03. The molecule has 3 aliphatic rings. The predicted molar refractivity (Wildman–Crippen MR) is 99.8 cm³/mol. The number of aliphatic hydroxyl groups is 1. The summed E-state index contributed by atoms with van der Waals surface area (Å²) in [4.78, 5) is 0. The molecule has 0 heterocycles. The van der Waals surface area contributed by atoms with Gasteiger partial charge in [0.05, 0.1) is 12.7 Å². The first-order valence-electron chi connectivity index (χ1n) is 9.71. The highest BCUT2D eigenvalue weighted by atomic mass is 16.5. The quantitative estimate of drug-likeness (QED) is 0.768. The van der Waals surface area contributed by atoms with Crippen molar-refractivity contribution in [2.24, 2.45) is 16.7 Å². The van der Waals surface area contributed by atoms with Gasteiger partial charge in [0.25, 0.3) is 0 Å². The van der Waals surface area contributed by atoms with Crippen molar-refractivity contribution in [3.8, 4) is 0 Å². The lowest BCUT2D eigenvalue weighted by molar-refractivity contribution is 0.0362. The summed E-state index contributed by atoms with van der Waals surface area (Å²) < 4.78 is 5.61. The lowest BCUT2D eigenvalue weighted by Crippen LogP contribution is -2.41. The maximum absolute atomic E-state index is 11.1. The van der Waals surface area contributed by atoms with E-state index in [1.165, 1.54) is 30.4 Å². The van der Waals surface area contributed by atoms with Crippen LogP contribution in [-0.4, -0.2) is 24.4 Å². The van der Waals surface area contributed by atoms with Gasteiger partial charge in [-0.2, -0.15) is 0 Å². The summed E-state index contributed by atoms with van der Waals surface area (Å²) in [5.74, 6) is 0.595. The minimum atomic E-state index is -0.316. The molecule has 1 saturated carbocycles. The Morgan fingerprint density at radius 3 is 2.62 bits per heavy atom. The third kappa shape index (κ3) is 2.82. The van der Waals surface area contributed by atoms with Crippen LogP contribution in [0.5, 0.6) is 0 Å². The van der Waals surface area contributed by atoms with Gasteiger partial charge in [0.2, 0.25) is 0 Å². The summed E-state index contributed by atoms with van der Waals surface area (Å²) in [6.07, 6.45) is 9.75. The Morgan fingerprint density at radius 1 is 1.21 bits per heavy atom. The normalized spacial score (nSPS) is 36.2. The van der Waals surface area contributed by atoms with Crippen LogP contribution in [-0.2, 0) is 4.74 Å². The minimum Gasteiger partial charge on any atom is -0.392 e. The van der Waals surface area contributed by atoms with Crippen LogP contribution >= 0.6 is 0 Å². The Labute approximate surface area is 147 Å². The zero-order chi connectivity index (χ0) is 17.5. The molecule has 0 saturated heterocycles. The van der Waals surface area contributed by atoms with Gasteiger partial charge in [0.15, 0.2) is 0 Å². The van der Waals surface area contributed by atoms with E-state index in [2.05, 4.69) is 39.8 Å². The van der Waals surface area contributed by atoms with E-state index < -0.39 is 0 Å². The fourth-order valence-corrected chi connectivity index (χ4v) is 5.03. The molecule has 2 heteroatoms. The Balaban J connectivity index is 2.07. The molecule has 0 radical (unpaired) electrons. The van der Waals surface area contributed by atoms with Crippen LogP contribution in [0.15, 0.2) is 34.4 Å². The fourth-order valence-electron chi connectivity index (χ4n) is 5.03. The third-order valence-electron chi connectivity index (χ3n) is 6.82. The number of hydrogen-bond donors (Lipinski definition) is 1. The predicted octanol–water partition coefficient (Wildman–Crippen LogP) is 5.19. The summed E-state index contributed by atoms with van der Waals surface area (Å²) in [6, 6.07) is 0. The number of fused-ring (bicyclic) bond motifs is 3. The summed E-state index contributed by atoms with van der Waals surface area (Å²) in [5, 5.41) is 11.1. The molecular weight excluding hydrogens is 296 g/mol. The Hall–Kier alpha value is -0.860. The van der Waals surface area contributed by atoms with Crippen molar-refractivity contribution < 1.29 is 9.84 Å². The molecule has 0 spiro atoms. The van der Waals surface area contributed by atoms with E-state index in [9.17, 15) is 5.11 Å². The standard InChI is InChI=1S/C22H34O2/c1-6-24-14-16-7-8-18-20-17(15(2)3)9-10-21(20,4)11-12-22(18,5)19(23)13-16/h7-8,15,19,23H,6,9-14H2,1-5H3/t19-,21+,22+/m0/s1. The van der Waals surface area contributed by atoms with Gasteiger partial charge >= 0.3 is 0 Å². The molecule has 134 valence electrons. The second-order valence-electron chi connectivity index (χ2n) is 8.80. The van der Waals surface area contributed by atoms with Crippen molar-refractivity contribution in [3.05, 3.63) is 34.4 Å². The van der Waals surface area contributed by atoms with Crippen LogP contribution in [0.1, 0.15) is 66.7 Å². The van der Waals surface area contributed by atoms with Gasteiger partial charge < -0.3 is 9.84 Å². The SMILES string of the molecule is CCOCC1=CC=C2C3=C(C(C)C)CC[C@]3(C)CC[C@@]2(C)[C@@H](O)C1. The lowest BCUT2D eigenvalue weighted by atomic mass is 9.57. The van der Waals surface area contributed by atoms with E-state index >= 15 is 0 Å². The third-order valence-corrected chi connectivity index (χ3v) is 6.82. The average molecular weight is 331 g/mol. The highest BCUT2D eigenvalue weighted by Gasteiger charge is 2.51. The first-order chi connectivity index (χ1) is 11.3. The number of ether oxygens (including phenoxy) is 1. The van der Waals surface area contributed by atoms with Crippen LogP contribution < -0.4 is 0 Å². The van der Waals surface area contributed by atoms with Crippen molar-refractivity contribution in [2.45, 2.75) is 72.8 Å². The molecule has 3 aliphatic carbocycles. The second-order valence-corrected chi connectivity index (χ2v) is 8.80. The molecule has 3 rings (SSSR count). The van der Waals surface area contributed by atoms with Crippen molar-refractivity contribution in [2.75, 3.05) is 13.2 Å². The van der Waals surface area contributed by atoms with Gasteiger partial charge in [-0.05, 0) is 67.1 Å². The molecule has 0 amide bonds. The second kappa shape index (κ2) is 6.46. The molecule has 0 aliphatic heterocycles. The van der Waals surface area contributed by atoms with Crippen LogP contribution in [0.3, 0.4) is 0 Å². The van der Waals surface area contributed by atoms with Crippen molar-refractivity contribution in [3.63, 3.8) is 0 Å². The largest absolute Gasteiger partial charge is 0.392 e. The van der Waals surface area contributed by atoms with Gasteiger partial charge in [-0.3, -0.25) is 0 Å². The molecule has 1 N–H and O–H groups in total. The van der Waals surface area contributed by atoms with E-state index in [1.54, 1.807) is 11.1 Å².